The SMILES string of the molecule is c1ccc2c(c1)c1ccccc1n2-c1ccc2c(c1)sc1cc(-c3ccc4c(c3)sc3cc(-n5c6ccccc6c6ccccc65)ccc34)ccc12. The van der Waals surface area contributed by atoms with Gasteiger partial charge in [-0.2, -0.15) is 0 Å². The van der Waals surface area contributed by atoms with Crippen molar-refractivity contribution in [3.63, 3.8) is 0 Å². The van der Waals surface area contributed by atoms with Crippen LogP contribution < -0.4 is 0 Å². The predicted molar refractivity (Wildman–Crippen MR) is 226 cm³/mol. The van der Waals surface area contributed by atoms with Crippen LogP contribution >= 0.6 is 22.7 Å². The fourth-order valence-corrected chi connectivity index (χ4v) is 10.9. The molecule has 0 N–H and O–H groups in total. The highest BCUT2D eigenvalue weighted by atomic mass is 32.1. The normalized spacial score (nSPS) is 12.2. The van der Waals surface area contributed by atoms with Crippen LogP contribution in [0.2, 0.25) is 0 Å². The summed E-state index contributed by atoms with van der Waals surface area (Å²) in [5, 5.41) is 10.4. The van der Waals surface area contributed by atoms with Crippen LogP contribution in [-0.4, -0.2) is 9.13 Å². The number of nitrogens with zero attached hydrogens (tertiary/aromatic N) is 2. The molecular formula is C48H28N2S2. The van der Waals surface area contributed by atoms with Gasteiger partial charge in [0.05, 0.1) is 22.1 Å². The van der Waals surface area contributed by atoms with Gasteiger partial charge < -0.3 is 9.13 Å². The quantitative estimate of drug-likeness (QED) is 0.174. The van der Waals surface area contributed by atoms with E-state index in [9.17, 15) is 0 Å². The van der Waals surface area contributed by atoms with Crippen molar-refractivity contribution in [1.29, 1.82) is 0 Å². The van der Waals surface area contributed by atoms with Crippen molar-refractivity contribution < 1.29 is 0 Å². The molecule has 0 aliphatic carbocycles. The average molecular weight is 697 g/mol. The smallest absolute Gasteiger partial charge is 0.0541 e. The molecule has 2 nitrogen and oxygen atoms in total. The Kier molecular flexibility index (Phi) is 5.84. The number of fused-ring (bicyclic) bond motifs is 12. The predicted octanol–water partition coefficient (Wildman–Crippen LogP) is 14.3. The standard InChI is InChI=1S/C48H28N2S2/c1-5-13-41-33(9-1)34-10-2-6-14-42(34)49(41)31-19-23-39-37-21-17-29(25-45(37)51-47(39)27-31)30-18-22-38-40-24-20-32(28-48(40)52-46(38)26-30)50-43-15-7-3-11-35(43)36-12-4-8-16-44(36)50/h1-28H. The molecule has 0 aliphatic rings. The highest BCUT2D eigenvalue weighted by Gasteiger charge is 2.16. The fourth-order valence-electron chi connectivity index (χ4n) is 8.57. The molecule has 12 rings (SSSR count). The lowest BCUT2D eigenvalue weighted by Crippen LogP contribution is -1.92. The molecule has 12 aromatic rings. The lowest BCUT2D eigenvalue weighted by Gasteiger charge is -2.08. The monoisotopic (exact) mass is 696 g/mol. The third-order valence-electron chi connectivity index (χ3n) is 10.9. The zero-order valence-corrected chi connectivity index (χ0v) is 29.5. The van der Waals surface area contributed by atoms with E-state index < -0.39 is 0 Å². The largest absolute Gasteiger partial charge is 0.309 e. The van der Waals surface area contributed by atoms with Gasteiger partial charge in [0.15, 0.2) is 0 Å². The number of aromatic nitrogens is 2. The van der Waals surface area contributed by atoms with Gasteiger partial charge in [-0.05, 0) is 71.8 Å². The van der Waals surface area contributed by atoms with E-state index in [1.165, 1.54) is 106 Å². The Morgan fingerprint density at radius 1 is 0.269 bits per heavy atom. The summed E-state index contributed by atoms with van der Waals surface area (Å²) < 4.78 is 10.1. The summed E-state index contributed by atoms with van der Waals surface area (Å²) in [6.07, 6.45) is 0. The van der Waals surface area contributed by atoms with Crippen LogP contribution in [0.1, 0.15) is 0 Å². The Morgan fingerprint density at radius 3 is 0.942 bits per heavy atom. The van der Waals surface area contributed by atoms with Crippen LogP contribution in [0.5, 0.6) is 0 Å². The second-order valence-electron chi connectivity index (χ2n) is 13.7. The van der Waals surface area contributed by atoms with Crippen molar-refractivity contribution in [3.05, 3.63) is 170 Å². The van der Waals surface area contributed by atoms with Crippen LogP contribution in [0, 0.1) is 0 Å². The third kappa shape index (κ3) is 3.99. The first-order chi connectivity index (χ1) is 25.8. The summed E-state index contributed by atoms with van der Waals surface area (Å²) in [7, 11) is 0. The van der Waals surface area contributed by atoms with Crippen molar-refractivity contribution in [2.45, 2.75) is 0 Å². The summed E-state index contributed by atoms with van der Waals surface area (Å²) in [6.45, 7) is 0. The number of hydrogen-bond acceptors (Lipinski definition) is 2. The summed E-state index contributed by atoms with van der Waals surface area (Å²) in [4.78, 5) is 0. The lowest BCUT2D eigenvalue weighted by molar-refractivity contribution is 1.19. The second kappa shape index (κ2) is 10.7. The van der Waals surface area contributed by atoms with Gasteiger partial charge >= 0.3 is 0 Å². The maximum Gasteiger partial charge on any atom is 0.0541 e. The average Bonchev–Trinajstić information content (AvgIpc) is 3.94. The minimum absolute atomic E-state index is 1.20. The first-order valence-electron chi connectivity index (χ1n) is 17.7. The van der Waals surface area contributed by atoms with Crippen molar-refractivity contribution in [2.24, 2.45) is 0 Å². The third-order valence-corrected chi connectivity index (χ3v) is 13.2. The van der Waals surface area contributed by atoms with Gasteiger partial charge in [-0.25, -0.2) is 0 Å². The van der Waals surface area contributed by atoms with Crippen LogP contribution in [0.3, 0.4) is 0 Å². The molecule has 0 unspecified atom stereocenters. The number of hydrogen-bond donors (Lipinski definition) is 0. The Balaban J connectivity index is 0.951. The maximum atomic E-state index is 2.41. The van der Waals surface area contributed by atoms with Crippen molar-refractivity contribution in [2.75, 3.05) is 0 Å². The molecule has 242 valence electrons. The van der Waals surface area contributed by atoms with E-state index in [1.54, 1.807) is 0 Å². The molecule has 0 fully saturated rings. The Hall–Kier alpha value is -6.20. The topological polar surface area (TPSA) is 9.86 Å². The van der Waals surface area contributed by atoms with E-state index >= 15 is 0 Å². The van der Waals surface area contributed by atoms with Gasteiger partial charge in [0.2, 0.25) is 0 Å². The van der Waals surface area contributed by atoms with Crippen LogP contribution in [0.15, 0.2) is 170 Å². The lowest BCUT2D eigenvalue weighted by atomic mass is 10.0. The number of benzene rings is 8. The van der Waals surface area contributed by atoms with Crippen LogP contribution in [-0.2, 0) is 0 Å². The van der Waals surface area contributed by atoms with Gasteiger partial charge in [0, 0.05) is 73.3 Å². The van der Waals surface area contributed by atoms with E-state index in [0.29, 0.717) is 0 Å². The summed E-state index contributed by atoms with van der Waals surface area (Å²) >= 11 is 3.78. The molecule has 4 aromatic heterocycles. The molecule has 0 radical (unpaired) electrons. The molecule has 4 heterocycles. The van der Waals surface area contributed by atoms with Crippen molar-refractivity contribution in [3.8, 4) is 22.5 Å². The zero-order valence-electron chi connectivity index (χ0n) is 27.9. The molecule has 4 heteroatoms. The van der Waals surface area contributed by atoms with E-state index in [2.05, 4.69) is 179 Å². The Labute approximate surface area is 306 Å². The second-order valence-corrected chi connectivity index (χ2v) is 15.9. The molecule has 0 amide bonds. The summed E-state index contributed by atoms with van der Waals surface area (Å²) in [5.41, 5.74) is 9.88. The molecule has 0 saturated heterocycles. The zero-order chi connectivity index (χ0) is 33.9. The Bertz CT molecular complexity index is 3090. The first-order valence-corrected chi connectivity index (χ1v) is 19.3. The van der Waals surface area contributed by atoms with Gasteiger partial charge in [-0.3, -0.25) is 0 Å². The van der Waals surface area contributed by atoms with E-state index in [0.717, 1.165) is 0 Å². The van der Waals surface area contributed by atoms with Gasteiger partial charge in [0.25, 0.3) is 0 Å². The van der Waals surface area contributed by atoms with Gasteiger partial charge in [0.1, 0.15) is 0 Å². The molecule has 52 heavy (non-hydrogen) atoms. The molecule has 0 saturated carbocycles. The van der Waals surface area contributed by atoms with E-state index in [-0.39, 0.29) is 0 Å². The summed E-state index contributed by atoms with van der Waals surface area (Å²) in [5.74, 6) is 0. The number of para-hydroxylation sites is 4. The van der Waals surface area contributed by atoms with Crippen LogP contribution in [0.25, 0.3) is 106 Å². The van der Waals surface area contributed by atoms with Crippen molar-refractivity contribution in [1.82, 2.24) is 9.13 Å². The molecule has 8 aromatic carbocycles. The van der Waals surface area contributed by atoms with Crippen molar-refractivity contribution >= 4 is 107 Å². The molecule has 0 spiro atoms. The van der Waals surface area contributed by atoms with E-state index in [4.69, 9.17) is 0 Å². The number of thiophene rings is 2. The van der Waals surface area contributed by atoms with E-state index in [1.807, 2.05) is 22.7 Å². The fraction of sp³-hybridized carbons (Fsp3) is 0. The number of rotatable bonds is 3. The Morgan fingerprint density at radius 2 is 0.577 bits per heavy atom. The minimum Gasteiger partial charge on any atom is -0.309 e. The van der Waals surface area contributed by atoms with Gasteiger partial charge in [-0.1, -0.05) is 109 Å². The maximum absolute atomic E-state index is 2.41. The summed E-state index contributed by atoms with van der Waals surface area (Å²) in [6, 6.07) is 62.8. The molecule has 0 bridgehead atoms. The first kappa shape index (κ1) is 28.5. The highest BCUT2D eigenvalue weighted by molar-refractivity contribution is 7.26. The minimum atomic E-state index is 1.20. The molecular weight excluding hydrogens is 669 g/mol. The highest BCUT2D eigenvalue weighted by Crippen LogP contribution is 2.42. The molecule has 0 aliphatic heterocycles. The van der Waals surface area contributed by atoms with Crippen LogP contribution in [0.4, 0.5) is 0 Å². The van der Waals surface area contributed by atoms with Gasteiger partial charge in [-0.15, -0.1) is 22.7 Å². The molecule has 0 atom stereocenters.